The highest BCUT2D eigenvalue weighted by Crippen LogP contribution is 2.23. The quantitative estimate of drug-likeness (QED) is 0.705. The molecule has 25 heavy (non-hydrogen) atoms. The second-order valence-electron chi connectivity index (χ2n) is 6.08. The normalized spacial score (nSPS) is 17.3. The number of para-hydroxylation sites is 1. The van der Waals surface area contributed by atoms with Crippen LogP contribution in [0.25, 0.3) is 10.9 Å². The van der Waals surface area contributed by atoms with Crippen molar-refractivity contribution < 1.29 is 9.59 Å². The van der Waals surface area contributed by atoms with E-state index >= 15 is 0 Å². The first-order valence-corrected chi connectivity index (χ1v) is 8.41. The Labute approximate surface area is 149 Å². The second-order valence-corrected chi connectivity index (χ2v) is 6.49. The van der Waals surface area contributed by atoms with Crippen LogP contribution < -0.4 is 5.32 Å². The van der Waals surface area contributed by atoms with Crippen molar-refractivity contribution in [2.24, 2.45) is 0 Å². The summed E-state index contributed by atoms with van der Waals surface area (Å²) in [6.45, 7) is 0.175. The van der Waals surface area contributed by atoms with Crippen LogP contribution in [0.3, 0.4) is 0 Å². The summed E-state index contributed by atoms with van der Waals surface area (Å²) in [7, 11) is 0. The number of amides is 3. The van der Waals surface area contributed by atoms with Crippen LogP contribution in [-0.2, 0) is 17.8 Å². The molecule has 2 heterocycles. The maximum Gasteiger partial charge on any atom is 0.325 e. The number of hydrogen-bond acceptors (Lipinski definition) is 2. The van der Waals surface area contributed by atoms with Crippen LogP contribution in [0, 0.1) is 0 Å². The number of urea groups is 1. The Morgan fingerprint density at radius 3 is 2.60 bits per heavy atom. The molecule has 0 aliphatic carbocycles. The fraction of sp³-hybridized carbons (Fsp3) is 0.158. The minimum absolute atomic E-state index is 0.175. The van der Waals surface area contributed by atoms with Gasteiger partial charge in [-0.25, -0.2) is 4.79 Å². The zero-order valence-electron chi connectivity index (χ0n) is 13.3. The number of benzene rings is 2. The Morgan fingerprint density at radius 1 is 1.00 bits per heavy atom. The van der Waals surface area contributed by atoms with Gasteiger partial charge in [0.15, 0.2) is 0 Å². The fourth-order valence-corrected chi connectivity index (χ4v) is 3.38. The van der Waals surface area contributed by atoms with E-state index in [1.54, 1.807) is 6.07 Å². The Hall–Kier alpha value is -2.79. The highest BCUT2D eigenvalue weighted by Gasteiger charge is 2.38. The standard InChI is InChI=1S/C19H16ClN3O2/c20-15-7-3-1-5-12(15)11-23-18(24)17(22-19(23)25)9-13-10-21-16-8-4-2-6-14(13)16/h1-8,10,17,21H,9,11H2,(H,22,25)/t17-/m0/s1. The first-order valence-electron chi connectivity index (χ1n) is 8.04. The zero-order chi connectivity index (χ0) is 17.4. The minimum atomic E-state index is -0.561. The molecule has 0 bridgehead atoms. The van der Waals surface area contributed by atoms with Gasteiger partial charge in [0.25, 0.3) is 5.91 Å². The number of H-pyrrole nitrogens is 1. The number of nitrogens with one attached hydrogen (secondary N) is 2. The number of aromatic nitrogens is 1. The summed E-state index contributed by atoms with van der Waals surface area (Å²) in [4.78, 5) is 29.3. The third kappa shape index (κ3) is 2.87. The molecule has 1 aliphatic rings. The van der Waals surface area contributed by atoms with Crippen molar-refractivity contribution in [3.63, 3.8) is 0 Å². The van der Waals surface area contributed by atoms with Crippen molar-refractivity contribution in [3.05, 3.63) is 70.9 Å². The molecule has 0 unspecified atom stereocenters. The van der Waals surface area contributed by atoms with Crippen LogP contribution in [0.4, 0.5) is 4.79 Å². The van der Waals surface area contributed by atoms with Crippen molar-refractivity contribution in [2.75, 3.05) is 0 Å². The molecule has 6 heteroatoms. The van der Waals surface area contributed by atoms with Gasteiger partial charge in [-0.05, 0) is 23.3 Å². The third-order valence-electron chi connectivity index (χ3n) is 4.49. The van der Waals surface area contributed by atoms with E-state index in [2.05, 4.69) is 10.3 Å². The number of rotatable bonds is 4. The predicted molar refractivity (Wildman–Crippen MR) is 96.3 cm³/mol. The number of imide groups is 1. The molecule has 3 amide bonds. The molecule has 1 saturated heterocycles. The molecule has 0 saturated carbocycles. The van der Waals surface area contributed by atoms with Gasteiger partial charge >= 0.3 is 6.03 Å². The van der Waals surface area contributed by atoms with Crippen LogP contribution in [0.15, 0.2) is 54.7 Å². The van der Waals surface area contributed by atoms with E-state index in [1.807, 2.05) is 48.7 Å². The number of aromatic amines is 1. The Morgan fingerprint density at radius 2 is 1.76 bits per heavy atom. The molecule has 2 aromatic carbocycles. The van der Waals surface area contributed by atoms with Gasteiger partial charge in [-0.2, -0.15) is 0 Å². The van der Waals surface area contributed by atoms with Gasteiger partial charge in [0.1, 0.15) is 6.04 Å². The third-order valence-corrected chi connectivity index (χ3v) is 4.86. The summed E-state index contributed by atoms with van der Waals surface area (Å²) in [5.74, 6) is -0.227. The van der Waals surface area contributed by atoms with Crippen LogP contribution in [0.5, 0.6) is 0 Å². The van der Waals surface area contributed by atoms with Gasteiger partial charge < -0.3 is 10.3 Å². The lowest BCUT2D eigenvalue weighted by Gasteiger charge is -2.14. The molecular formula is C19H16ClN3O2. The molecule has 4 rings (SSSR count). The summed E-state index contributed by atoms with van der Waals surface area (Å²) >= 11 is 6.14. The smallest absolute Gasteiger partial charge is 0.325 e. The van der Waals surface area contributed by atoms with Crippen LogP contribution >= 0.6 is 11.6 Å². The maximum atomic E-state index is 12.7. The SMILES string of the molecule is O=C1N[C@@H](Cc2c[nH]c3ccccc23)C(=O)N1Cc1ccccc1Cl. The first-order chi connectivity index (χ1) is 12.1. The number of carbonyl (C=O) groups excluding carboxylic acids is 2. The van der Waals surface area contributed by atoms with Gasteiger partial charge in [-0.1, -0.05) is 48.0 Å². The van der Waals surface area contributed by atoms with Crippen molar-refractivity contribution in [2.45, 2.75) is 19.0 Å². The van der Waals surface area contributed by atoms with E-state index < -0.39 is 6.04 Å². The summed E-state index contributed by atoms with van der Waals surface area (Å²) < 4.78 is 0. The molecule has 5 nitrogen and oxygen atoms in total. The average Bonchev–Trinajstić information content (AvgIpc) is 3.13. The molecule has 0 radical (unpaired) electrons. The highest BCUT2D eigenvalue weighted by molar-refractivity contribution is 6.31. The lowest BCUT2D eigenvalue weighted by atomic mass is 10.0. The van der Waals surface area contributed by atoms with E-state index in [1.165, 1.54) is 4.90 Å². The number of nitrogens with zero attached hydrogens (tertiary/aromatic N) is 1. The zero-order valence-corrected chi connectivity index (χ0v) is 14.1. The molecule has 1 aliphatic heterocycles. The van der Waals surface area contributed by atoms with Crippen molar-refractivity contribution in [1.29, 1.82) is 0 Å². The minimum Gasteiger partial charge on any atom is -0.361 e. The highest BCUT2D eigenvalue weighted by atomic mass is 35.5. The molecule has 1 fully saturated rings. The number of fused-ring (bicyclic) bond motifs is 1. The first kappa shape index (κ1) is 15.7. The molecule has 1 atom stereocenters. The van der Waals surface area contributed by atoms with Crippen molar-refractivity contribution in [3.8, 4) is 0 Å². The number of halogens is 1. The molecule has 0 spiro atoms. The van der Waals surface area contributed by atoms with E-state index in [-0.39, 0.29) is 18.5 Å². The fourth-order valence-electron chi connectivity index (χ4n) is 3.18. The Bertz CT molecular complexity index is 966. The average molecular weight is 354 g/mol. The van der Waals surface area contributed by atoms with Gasteiger partial charge in [0.2, 0.25) is 0 Å². The summed E-state index contributed by atoms with van der Waals surface area (Å²) in [6.07, 6.45) is 2.34. The van der Waals surface area contributed by atoms with Crippen LogP contribution in [0.1, 0.15) is 11.1 Å². The largest absolute Gasteiger partial charge is 0.361 e. The molecule has 1 aromatic heterocycles. The molecule has 3 aromatic rings. The Kier molecular flexibility index (Phi) is 3.93. The van der Waals surface area contributed by atoms with Gasteiger partial charge in [0, 0.05) is 28.5 Å². The molecular weight excluding hydrogens is 338 g/mol. The summed E-state index contributed by atoms with van der Waals surface area (Å²) in [6, 6.07) is 14.2. The Balaban J connectivity index is 1.54. The number of hydrogen-bond donors (Lipinski definition) is 2. The van der Waals surface area contributed by atoms with Crippen LogP contribution in [-0.4, -0.2) is 27.9 Å². The summed E-state index contributed by atoms with van der Waals surface area (Å²) in [5, 5.41) is 4.39. The lowest BCUT2D eigenvalue weighted by Crippen LogP contribution is -2.32. The molecule has 126 valence electrons. The topological polar surface area (TPSA) is 65.2 Å². The monoisotopic (exact) mass is 353 g/mol. The van der Waals surface area contributed by atoms with Gasteiger partial charge in [-0.3, -0.25) is 9.69 Å². The molecule has 2 N–H and O–H groups in total. The van der Waals surface area contributed by atoms with Crippen molar-refractivity contribution >= 4 is 34.4 Å². The van der Waals surface area contributed by atoms with E-state index in [0.29, 0.717) is 11.4 Å². The van der Waals surface area contributed by atoms with E-state index in [4.69, 9.17) is 11.6 Å². The van der Waals surface area contributed by atoms with Crippen LogP contribution in [0.2, 0.25) is 5.02 Å². The summed E-state index contributed by atoms with van der Waals surface area (Å²) in [5.41, 5.74) is 2.77. The number of carbonyl (C=O) groups is 2. The van der Waals surface area contributed by atoms with E-state index in [9.17, 15) is 9.59 Å². The lowest BCUT2D eigenvalue weighted by molar-refractivity contribution is -0.127. The maximum absolute atomic E-state index is 12.7. The van der Waals surface area contributed by atoms with E-state index in [0.717, 1.165) is 22.0 Å². The van der Waals surface area contributed by atoms with Gasteiger partial charge in [-0.15, -0.1) is 0 Å². The van der Waals surface area contributed by atoms with Crippen molar-refractivity contribution in [1.82, 2.24) is 15.2 Å². The predicted octanol–water partition coefficient (Wildman–Crippen LogP) is 3.48. The second kappa shape index (κ2) is 6.26. The van der Waals surface area contributed by atoms with Gasteiger partial charge in [0.05, 0.1) is 6.54 Å².